The van der Waals surface area contributed by atoms with E-state index < -0.39 is 0 Å². The van der Waals surface area contributed by atoms with Gasteiger partial charge in [0.05, 0.1) is 10.2 Å². The minimum atomic E-state index is -0.190. The fourth-order valence-corrected chi connectivity index (χ4v) is 3.76. The first-order chi connectivity index (χ1) is 15.5. The Morgan fingerprint density at radius 1 is 0.844 bits per heavy atom. The minimum Gasteiger partial charge on any atom is -0.399 e. The molecule has 0 saturated heterocycles. The quantitative estimate of drug-likeness (QED) is 0.259. The Hall–Kier alpha value is -3.51. The lowest BCUT2D eigenvalue weighted by Crippen LogP contribution is -2.11. The maximum atomic E-state index is 12.3. The largest absolute Gasteiger partial charge is 0.399 e. The number of nitrogens with zero attached hydrogens (tertiary/aromatic N) is 1. The molecule has 4 aromatic rings. The summed E-state index contributed by atoms with van der Waals surface area (Å²) in [4.78, 5) is 28.5. The van der Waals surface area contributed by atoms with E-state index in [0.29, 0.717) is 22.5 Å². The highest BCUT2D eigenvalue weighted by Gasteiger charge is 2.10. The summed E-state index contributed by atoms with van der Waals surface area (Å²) in [7, 11) is 0. The molecule has 0 aliphatic heterocycles. The highest BCUT2D eigenvalue weighted by molar-refractivity contribution is 7.21. The van der Waals surface area contributed by atoms with Gasteiger partial charge in [0.25, 0.3) is 5.91 Å². The van der Waals surface area contributed by atoms with E-state index in [2.05, 4.69) is 10.3 Å². The molecule has 1 aromatic heterocycles. The third kappa shape index (κ3) is 6.02. The number of aromatic nitrogens is 1. The maximum Gasteiger partial charge on any atom is 0.255 e. The third-order valence-electron chi connectivity index (χ3n) is 4.36. The van der Waals surface area contributed by atoms with Gasteiger partial charge in [-0.3, -0.25) is 9.59 Å². The number of nitrogens with two attached hydrogens (primary N) is 1. The van der Waals surface area contributed by atoms with Crippen LogP contribution < -0.4 is 11.1 Å². The fraction of sp³-hybridized carbons (Fsp3) is 0.192. The number of hydrogen-bond donors (Lipinski definition) is 2. The Labute approximate surface area is 193 Å². The number of nitrogens with one attached hydrogen (secondary N) is 1. The molecule has 32 heavy (non-hydrogen) atoms. The van der Waals surface area contributed by atoms with Crippen molar-refractivity contribution in [1.29, 1.82) is 0 Å². The van der Waals surface area contributed by atoms with E-state index in [4.69, 9.17) is 5.73 Å². The normalized spacial score (nSPS) is 9.78. The van der Waals surface area contributed by atoms with Gasteiger partial charge in [-0.05, 0) is 73.7 Å². The van der Waals surface area contributed by atoms with E-state index in [9.17, 15) is 9.59 Å². The molecule has 0 unspecified atom stereocenters. The van der Waals surface area contributed by atoms with Crippen molar-refractivity contribution >= 4 is 44.6 Å². The van der Waals surface area contributed by atoms with Gasteiger partial charge in [0, 0.05) is 28.1 Å². The molecule has 166 valence electrons. The zero-order valence-corrected chi connectivity index (χ0v) is 19.9. The van der Waals surface area contributed by atoms with Crippen LogP contribution in [0.3, 0.4) is 0 Å². The Morgan fingerprint density at radius 3 is 2.03 bits per heavy atom. The van der Waals surface area contributed by atoms with Crippen molar-refractivity contribution in [3.63, 3.8) is 0 Å². The molecule has 0 spiro atoms. The molecule has 6 heteroatoms. The molecule has 3 N–H and O–H groups in total. The molecular weight excluding hydrogens is 418 g/mol. The number of thiazole rings is 1. The van der Waals surface area contributed by atoms with Crippen LogP contribution >= 0.6 is 11.3 Å². The number of rotatable bonds is 4. The van der Waals surface area contributed by atoms with Crippen LogP contribution in [0, 0.1) is 0 Å². The average molecular weight is 448 g/mol. The number of nitrogen functional groups attached to an aromatic ring is 1. The Kier molecular flexibility index (Phi) is 9.10. The third-order valence-corrected chi connectivity index (χ3v) is 5.44. The molecule has 5 nitrogen and oxygen atoms in total. The first-order valence-corrected chi connectivity index (χ1v) is 11.5. The van der Waals surface area contributed by atoms with Crippen molar-refractivity contribution in [2.75, 3.05) is 11.1 Å². The van der Waals surface area contributed by atoms with E-state index >= 15 is 0 Å². The molecule has 0 fully saturated rings. The highest BCUT2D eigenvalue weighted by Crippen LogP contribution is 2.31. The Morgan fingerprint density at radius 2 is 1.44 bits per heavy atom. The van der Waals surface area contributed by atoms with E-state index in [1.165, 1.54) is 0 Å². The van der Waals surface area contributed by atoms with Crippen LogP contribution in [0.4, 0.5) is 11.4 Å². The van der Waals surface area contributed by atoms with Gasteiger partial charge < -0.3 is 11.1 Å². The second-order valence-electron chi connectivity index (χ2n) is 6.41. The lowest BCUT2D eigenvalue weighted by atomic mass is 10.1. The number of carbonyl (C=O) groups excluding carboxylic acids is 2. The SMILES string of the molecule is CC.CC.CC(=O)c1ccc2sc(-c3ccc(NC(=O)c4ccc(N)cc4)cc3)nc2c1. The molecule has 1 heterocycles. The van der Waals surface area contributed by atoms with Crippen LogP contribution in [0.25, 0.3) is 20.8 Å². The molecule has 0 radical (unpaired) electrons. The standard InChI is InChI=1S/C22H17N3O2S.2C2H6/c1-13(26)16-6-11-20-19(12-16)25-22(28-20)15-4-9-18(10-5-15)24-21(27)14-2-7-17(23)8-3-14;2*1-2/h2-12H,23H2,1H3,(H,24,27);2*1-2H3. The smallest absolute Gasteiger partial charge is 0.255 e. The monoisotopic (exact) mass is 447 g/mol. The minimum absolute atomic E-state index is 0.0256. The summed E-state index contributed by atoms with van der Waals surface area (Å²) >= 11 is 1.57. The molecule has 0 bridgehead atoms. The number of carbonyl (C=O) groups is 2. The van der Waals surface area contributed by atoms with Crippen LogP contribution in [0.1, 0.15) is 55.3 Å². The van der Waals surface area contributed by atoms with Crippen molar-refractivity contribution in [1.82, 2.24) is 4.98 Å². The molecule has 0 atom stereocenters. The van der Waals surface area contributed by atoms with E-state index in [1.807, 2.05) is 70.2 Å². The van der Waals surface area contributed by atoms with Crippen molar-refractivity contribution in [3.8, 4) is 10.6 Å². The number of Topliss-reactive ketones (excluding diaryl/α,β-unsaturated/α-hetero) is 1. The molecule has 4 rings (SSSR count). The molecular formula is C26H29N3O2S. The van der Waals surface area contributed by atoms with Crippen molar-refractivity contribution in [3.05, 3.63) is 77.9 Å². The number of hydrogen-bond acceptors (Lipinski definition) is 5. The van der Waals surface area contributed by atoms with Gasteiger partial charge in [-0.15, -0.1) is 11.3 Å². The maximum absolute atomic E-state index is 12.3. The lowest BCUT2D eigenvalue weighted by molar-refractivity contribution is 0.101. The van der Waals surface area contributed by atoms with Crippen molar-refractivity contribution < 1.29 is 9.59 Å². The Bertz CT molecular complexity index is 1180. The van der Waals surface area contributed by atoms with Gasteiger partial charge in [0.15, 0.2) is 5.78 Å². The second-order valence-corrected chi connectivity index (χ2v) is 7.44. The lowest BCUT2D eigenvalue weighted by Gasteiger charge is -2.06. The zero-order chi connectivity index (χ0) is 23.7. The summed E-state index contributed by atoms with van der Waals surface area (Å²) in [5, 5.41) is 3.74. The predicted octanol–water partition coefficient (Wildman–Crippen LogP) is 7.05. The molecule has 0 aliphatic rings. The molecule has 3 aromatic carbocycles. The summed E-state index contributed by atoms with van der Waals surface area (Å²) in [5.74, 6) is -0.165. The van der Waals surface area contributed by atoms with Crippen LogP contribution in [-0.4, -0.2) is 16.7 Å². The van der Waals surface area contributed by atoms with Crippen LogP contribution in [0.2, 0.25) is 0 Å². The topological polar surface area (TPSA) is 85.1 Å². The number of anilines is 2. The van der Waals surface area contributed by atoms with Crippen molar-refractivity contribution in [2.45, 2.75) is 34.6 Å². The van der Waals surface area contributed by atoms with Gasteiger partial charge >= 0.3 is 0 Å². The number of amides is 1. The summed E-state index contributed by atoms with van der Waals surface area (Å²) in [6.07, 6.45) is 0. The summed E-state index contributed by atoms with van der Waals surface area (Å²) in [6.45, 7) is 9.55. The van der Waals surface area contributed by atoms with Crippen LogP contribution in [0.15, 0.2) is 66.7 Å². The van der Waals surface area contributed by atoms with Crippen molar-refractivity contribution in [2.24, 2.45) is 0 Å². The van der Waals surface area contributed by atoms with Gasteiger partial charge in [-0.1, -0.05) is 27.7 Å². The fourth-order valence-electron chi connectivity index (χ4n) is 2.80. The van der Waals surface area contributed by atoms with E-state index in [0.717, 1.165) is 20.8 Å². The molecule has 0 saturated carbocycles. The first-order valence-electron chi connectivity index (χ1n) is 10.7. The summed E-state index contributed by atoms with van der Waals surface area (Å²) in [5.41, 5.74) is 9.94. The van der Waals surface area contributed by atoms with Gasteiger partial charge in [-0.25, -0.2) is 4.98 Å². The molecule has 0 aliphatic carbocycles. The molecule has 1 amide bonds. The van der Waals surface area contributed by atoms with E-state index in [1.54, 1.807) is 42.5 Å². The Balaban J connectivity index is 0.000000860. The second kappa shape index (κ2) is 11.8. The van der Waals surface area contributed by atoms with Gasteiger partial charge in [0.2, 0.25) is 0 Å². The average Bonchev–Trinajstić information content (AvgIpc) is 3.26. The van der Waals surface area contributed by atoms with Gasteiger partial charge in [-0.2, -0.15) is 0 Å². The van der Waals surface area contributed by atoms with Crippen LogP contribution in [0.5, 0.6) is 0 Å². The zero-order valence-electron chi connectivity index (χ0n) is 19.1. The summed E-state index contributed by atoms with van der Waals surface area (Å²) in [6, 6.07) is 19.9. The number of ketones is 1. The number of fused-ring (bicyclic) bond motifs is 1. The highest BCUT2D eigenvalue weighted by atomic mass is 32.1. The van der Waals surface area contributed by atoms with Crippen LogP contribution in [-0.2, 0) is 0 Å². The van der Waals surface area contributed by atoms with E-state index in [-0.39, 0.29) is 11.7 Å². The number of benzene rings is 3. The van der Waals surface area contributed by atoms with Gasteiger partial charge in [0.1, 0.15) is 5.01 Å². The first kappa shape index (κ1) is 24.8. The predicted molar refractivity (Wildman–Crippen MR) is 137 cm³/mol. The summed E-state index contributed by atoms with van der Waals surface area (Å²) < 4.78 is 1.03.